The molecule has 0 saturated heterocycles. The minimum atomic E-state index is -0.821. The molecule has 1 atom stereocenters. The molecule has 0 aromatic heterocycles. The molecule has 2 rings (SSSR count). The molecular weight excluding hydrogens is 320 g/mol. The molecule has 2 aromatic rings. The first-order chi connectivity index (χ1) is 12.1. The van der Waals surface area contributed by atoms with E-state index in [9.17, 15) is 9.59 Å². The van der Waals surface area contributed by atoms with Crippen LogP contribution >= 0.6 is 0 Å². The highest BCUT2D eigenvalue weighted by molar-refractivity contribution is 5.89. The Morgan fingerprint density at radius 1 is 1.00 bits per heavy atom. The van der Waals surface area contributed by atoms with E-state index in [1.165, 1.54) is 0 Å². The molecule has 0 heterocycles. The zero-order valence-electron chi connectivity index (χ0n) is 14.4. The van der Waals surface area contributed by atoms with E-state index in [0.717, 1.165) is 12.0 Å². The second-order valence-electron chi connectivity index (χ2n) is 5.66. The maximum absolute atomic E-state index is 12.2. The van der Waals surface area contributed by atoms with Gasteiger partial charge in [-0.2, -0.15) is 0 Å². The Hall–Kier alpha value is -2.82. The third-order valence-electron chi connectivity index (χ3n) is 3.50. The average molecular weight is 342 g/mol. The lowest BCUT2D eigenvalue weighted by atomic mass is 10.1. The van der Waals surface area contributed by atoms with Gasteiger partial charge in [-0.25, -0.2) is 9.59 Å². The molecule has 132 valence electrons. The normalized spacial score (nSPS) is 11.4. The number of hydrogen-bond donors (Lipinski definition) is 0. The second kappa shape index (κ2) is 9.47. The van der Waals surface area contributed by atoms with E-state index in [1.807, 2.05) is 32.0 Å². The fourth-order valence-corrected chi connectivity index (χ4v) is 2.18. The van der Waals surface area contributed by atoms with Crippen LogP contribution in [0.15, 0.2) is 54.6 Å². The number of hydrogen-bond acceptors (Lipinski definition) is 5. The summed E-state index contributed by atoms with van der Waals surface area (Å²) < 4.78 is 15.6. The minimum Gasteiger partial charge on any atom is -0.455 e. The summed E-state index contributed by atoms with van der Waals surface area (Å²) >= 11 is 0. The Bertz CT molecular complexity index is 679. The number of aryl methyl sites for hydroxylation is 1. The summed E-state index contributed by atoms with van der Waals surface area (Å²) in [4.78, 5) is 23.9. The van der Waals surface area contributed by atoms with Crippen LogP contribution in [0.2, 0.25) is 0 Å². The molecule has 0 fully saturated rings. The largest absolute Gasteiger partial charge is 0.513 e. The number of carbonyl (C=O) groups is 2. The Labute approximate surface area is 147 Å². The lowest BCUT2D eigenvalue weighted by Crippen LogP contribution is -2.26. The number of para-hydroxylation sites is 1. The predicted molar refractivity (Wildman–Crippen MR) is 93.7 cm³/mol. The van der Waals surface area contributed by atoms with Crippen molar-refractivity contribution in [2.75, 3.05) is 6.61 Å². The quantitative estimate of drug-likeness (QED) is 0.546. The molecule has 0 radical (unpaired) electrons. The maximum Gasteiger partial charge on any atom is 0.513 e. The Balaban J connectivity index is 1.86. The van der Waals surface area contributed by atoms with E-state index in [1.54, 1.807) is 36.4 Å². The van der Waals surface area contributed by atoms with E-state index in [-0.39, 0.29) is 6.61 Å². The van der Waals surface area contributed by atoms with Gasteiger partial charge in [0.25, 0.3) is 0 Å². The number of carbonyl (C=O) groups excluding carboxylic acids is 2. The monoisotopic (exact) mass is 342 g/mol. The molecule has 0 saturated carbocycles. The third-order valence-corrected chi connectivity index (χ3v) is 3.50. The molecule has 0 aliphatic carbocycles. The first kappa shape index (κ1) is 18.5. The topological polar surface area (TPSA) is 61.8 Å². The lowest BCUT2D eigenvalue weighted by Gasteiger charge is -2.17. The molecule has 1 unspecified atom stereocenters. The Kier molecular flexibility index (Phi) is 7.01. The molecule has 0 amide bonds. The van der Waals surface area contributed by atoms with Crippen molar-refractivity contribution in [2.24, 2.45) is 0 Å². The van der Waals surface area contributed by atoms with Crippen LogP contribution in [0.5, 0.6) is 5.75 Å². The molecule has 0 aliphatic heterocycles. The molecule has 0 spiro atoms. The molecule has 25 heavy (non-hydrogen) atoms. The minimum absolute atomic E-state index is 0.0445. The Morgan fingerprint density at radius 2 is 1.68 bits per heavy atom. The number of benzene rings is 2. The van der Waals surface area contributed by atoms with E-state index in [4.69, 9.17) is 14.2 Å². The van der Waals surface area contributed by atoms with Gasteiger partial charge < -0.3 is 14.2 Å². The highest BCUT2D eigenvalue weighted by atomic mass is 16.7. The summed E-state index contributed by atoms with van der Waals surface area (Å²) in [7, 11) is 0. The molecule has 0 aliphatic rings. The van der Waals surface area contributed by atoms with Crippen molar-refractivity contribution in [1.82, 2.24) is 0 Å². The highest BCUT2D eigenvalue weighted by Gasteiger charge is 2.18. The van der Waals surface area contributed by atoms with Crippen LogP contribution in [0.25, 0.3) is 0 Å². The highest BCUT2D eigenvalue weighted by Crippen LogP contribution is 2.12. The Morgan fingerprint density at radius 3 is 2.32 bits per heavy atom. The smallest absolute Gasteiger partial charge is 0.455 e. The summed E-state index contributed by atoms with van der Waals surface area (Å²) in [6.45, 7) is 3.87. The van der Waals surface area contributed by atoms with Gasteiger partial charge in [-0.3, -0.25) is 0 Å². The van der Waals surface area contributed by atoms with Crippen LogP contribution in [0.1, 0.15) is 35.7 Å². The van der Waals surface area contributed by atoms with Crippen LogP contribution in [0.3, 0.4) is 0 Å². The first-order valence-corrected chi connectivity index (χ1v) is 8.25. The fourth-order valence-electron chi connectivity index (χ4n) is 2.18. The number of rotatable bonds is 7. The van der Waals surface area contributed by atoms with Gasteiger partial charge in [0.15, 0.2) is 0 Å². The van der Waals surface area contributed by atoms with Gasteiger partial charge in [-0.05, 0) is 37.6 Å². The van der Waals surface area contributed by atoms with Gasteiger partial charge in [-0.15, -0.1) is 0 Å². The molecule has 5 heteroatoms. The van der Waals surface area contributed by atoms with Crippen molar-refractivity contribution in [3.8, 4) is 5.75 Å². The maximum atomic E-state index is 12.2. The molecule has 0 N–H and O–H groups in total. The van der Waals surface area contributed by atoms with E-state index in [0.29, 0.717) is 17.7 Å². The summed E-state index contributed by atoms with van der Waals surface area (Å²) in [6.07, 6.45) is 0.0555. The van der Waals surface area contributed by atoms with Crippen molar-refractivity contribution in [2.45, 2.75) is 32.8 Å². The standard InChI is InChI=1S/C20H22O5/c1-3-7-18(24-19(21)16-12-10-15(2)11-13-16)14-23-20(22)25-17-8-5-4-6-9-17/h4-6,8-13,18H,3,7,14H2,1-2H3. The van der Waals surface area contributed by atoms with Crippen LogP contribution in [-0.4, -0.2) is 24.8 Å². The van der Waals surface area contributed by atoms with Gasteiger partial charge in [0.2, 0.25) is 0 Å². The SMILES string of the molecule is CCCC(COC(=O)Oc1ccccc1)OC(=O)c1ccc(C)cc1. The summed E-state index contributed by atoms with van der Waals surface area (Å²) in [5.41, 5.74) is 1.53. The second-order valence-corrected chi connectivity index (χ2v) is 5.66. The van der Waals surface area contributed by atoms with E-state index >= 15 is 0 Å². The van der Waals surface area contributed by atoms with E-state index < -0.39 is 18.2 Å². The molecule has 0 bridgehead atoms. The zero-order valence-corrected chi connectivity index (χ0v) is 14.4. The van der Waals surface area contributed by atoms with Crippen molar-refractivity contribution >= 4 is 12.1 Å². The van der Waals surface area contributed by atoms with Crippen LogP contribution in [-0.2, 0) is 9.47 Å². The molecule has 5 nitrogen and oxygen atoms in total. The van der Waals surface area contributed by atoms with Crippen LogP contribution in [0, 0.1) is 6.92 Å². The summed E-state index contributed by atoms with van der Waals surface area (Å²) in [6, 6.07) is 15.8. The van der Waals surface area contributed by atoms with E-state index in [2.05, 4.69) is 0 Å². The average Bonchev–Trinajstić information content (AvgIpc) is 2.61. The van der Waals surface area contributed by atoms with Gasteiger partial charge in [0, 0.05) is 0 Å². The molecule has 2 aromatic carbocycles. The fraction of sp³-hybridized carbons (Fsp3) is 0.300. The van der Waals surface area contributed by atoms with Crippen molar-refractivity contribution in [3.05, 3.63) is 65.7 Å². The predicted octanol–water partition coefficient (Wildman–Crippen LogP) is 4.54. The van der Waals surface area contributed by atoms with Gasteiger partial charge in [-0.1, -0.05) is 49.2 Å². The lowest BCUT2D eigenvalue weighted by molar-refractivity contribution is 0.000122. The van der Waals surface area contributed by atoms with Crippen LogP contribution < -0.4 is 4.74 Å². The summed E-state index contributed by atoms with van der Waals surface area (Å²) in [5, 5.41) is 0. The first-order valence-electron chi connectivity index (χ1n) is 8.25. The molecular formula is C20H22O5. The third kappa shape index (κ3) is 6.30. The van der Waals surface area contributed by atoms with Gasteiger partial charge in [0.05, 0.1) is 5.56 Å². The zero-order chi connectivity index (χ0) is 18.1. The van der Waals surface area contributed by atoms with Gasteiger partial charge in [0.1, 0.15) is 18.5 Å². The van der Waals surface area contributed by atoms with Crippen molar-refractivity contribution < 1.29 is 23.8 Å². The number of ether oxygens (including phenoxy) is 3. The van der Waals surface area contributed by atoms with Gasteiger partial charge >= 0.3 is 12.1 Å². The van der Waals surface area contributed by atoms with Crippen molar-refractivity contribution in [3.63, 3.8) is 0 Å². The van der Waals surface area contributed by atoms with Crippen molar-refractivity contribution in [1.29, 1.82) is 0 Å². The number of esters is 1. The summed E-state index contributed by atoms with van der Waals surface area (Å²) in [5.74, 6) is -0.0327. The van der Waals surface area contributed by atoms with Crippen LogP contribution in [0.4, 0.5) is 4.79 Å².